The van der Waals surface area contributed by atoms with Crippen molar-refractivity contribution in [2.75, 3.05) is 23.6 Å². The molecular weight excluding hydrogens is 467 g/mol. The SMILES string of the molecule is CCCS(=O)(=O)Nc1ccc(F)c(Cc2c[nH]c3ncc(-c4cnn(C5CCNCC5)c4)cc23)c1. The maximum absolute atomic E-state index is 14.6. The third-order valence-corrected chi connectivity index (χ3v) is 7.90. The zero-order chi connectivity index (χ0) is 24.4. The van der Waals surface area contributed by atoms with Gasteiger partial charge in [0.1, 0.15) is 11.5 Å². The van der Waals surface area contributed by atoms with Crippen LogP contribution in [0.2, 0.25) is 0 Å². The van der Waals surface area contributed by atoms with Crippen molar-refractivity contribution in [3.05, 3.63) is 66.0 Å². The van der Waals surface area contributed by atoms with E-state index in [-0.39, 0.29) is 11.6 Å². The molecule has 0 amide bonds. The van der Waals surface area contributed by atoms with Crippen LogP contribution in [-0.4, -0.2) is 47.0 Å². The topological polar surface area (TPSA) is 105 Å². The zero-order valence-electron chi connectivity index (χ0n) is 19.6. The summed E-state index contributed by atoms with van der Waals surface area (Å²) in [5.74, 6) is -0.365. The number of H-pyrrole nitrogens is 1. The van der Waals surface area contributed by atoms with Gasteiger partial charge in [-0.05, 0) is 67.7 Å². The summed E-state index contributed by atoms with van der Waals surface area (Å²) in [5, 5.41) is 8.86. The first kappa shape index (κ1) is 23.5. The first-order chi connectivity index (χ1) is 16.9. The van der Waals surface area contributed by atoms with Crippen molar-refractivity contribution in [1.82, 2.24) is 25.1 Å². The molecule has 1 saturated heterocycles. The summed E-state index contributed by atoms with van der Waals surface area (Å²) in [5.41, 5.74) is 4.30. The normalized spacial score (nSPS) is 15.0. The fourth-order valence-corrected chi connectivity index (χ4v) is 5.72. The highest BCUT2D eigenvalue weighted by atomic mass is 32.2. The molecule has 0 bridgehead atoms. The van der Waals surface area contributed by atoms with E-state index in [1.165, 1.54) is 12.1 Å². The van der Waals surface area contributed by atoms with Gasteiger partial charge in [-0.25, -0.2) is 17.8 Å². The molecule has 0 saturated carbocycles. The Kier molecular flexibility index (Phi) is 6.57. The number of nitrogens with zero attached hydrogens (tertiary/aromatic N) is 3. The van der Waals surface area contributed by atoms with Crippen molar-refractivity contribution >= 4 is 26.7 Å². The largest absolute Gasteiger partial charge is 0.346 e. The number of rotatable bonds is 8. The van der Waals surface area contributed by atoms with Gasteiger partial charge in [0.25, 0.3) is 0 Å². The van der Waals surface area contributed by atoms with Crippen LogP contribution in [-0.2, 0) is 16.4 Å². The van der Waals surface area contributed by atoms with Crippen molar-refractivity contribution in [2.45, 2.75) is 38.6 Å². The van der Waals surface area contributed by atoms with Crippen LogP contribution in [0.1, 0.15) is 43.4 Å². The third kappa shape index (κ3) is 5.23. The number of halogens is 1. The Labute approximate surface area is 204 Å². The molecule has 0 atom stereocenters. The maximum Gasteiger partial charge on any atom is 0.232 e. The fraction of sp³-hybridized carbons (Fsp3) is 0.360. The molecule has 1 aliphatic heterocycles. The lowest BCUT2D eigenvalue weighted by Crippen LogP contribution is -2.29. The van der Waals surface area contributed by atoms with Crippen LogP contribution in [0.25, 0.3) is 22.2 Å². The van der Waals surface area contributed by atoms with Gasteiger partial charge in [0.2, 0.25) is 10.0 Å². The molecule has 1 aliphatic rings. The molecule has 4 heterocycles. The molecule has 5 rings (SSSR count). The summed E-state index contributed by atoms with van der Waals surface area (Å²) >= 11 is 0. The van der Waals surface area contributed by atoms with Gasteiger partial charge in [-0.15, -0.1) is 0 Å². The summed E-state index contributed by atoms with van der Waals surface area (Å²) in [6.45, 7) is 3.79. The average Bonchev–Trinajstić information content (AvgIpc) is 3.49. The van der Waals surface area contributed by atoms with Crippen molar-refractivity contribution in [3.63, 3.8) is 0 Å². The number of benzene rings is 1. The minimum Gasteiger partial charge on any atom is -0.346 e. The molecule has 35 heavy (non-hydrogen) atoms. The first-order valence-corrected chi connectivity index (χ1v) is 13.6. The number of aromatic amines is 1. The van der Waals surface area contributed by atoms with Gasteiger partial charge in [0.15, 0.2) is 0 Å². The molecular formula is C25H29FN6O2S. The Balaban J connectivity index is 1.41. The molecule has 0 aliphatic carbocycles. The van der Waals surface area contributed by atoms with Gasteiger partial charge in [-0.1, -0.05) is 6.92 Å². The molecule has 3 aromatic heterocycles. The van der Waals surface area contributed by atoms with Gasteiger partial charge in [-0.3, -0.25) is 9.40 Å². The minimum absolute atomic E-state index is 0.0187. The number of pyridine rings is 1. The van der Waals surface area contributed by atoms with Crippen LogP contribution >= 0.6 is 0 Å². The molecule has 0 radical (unpaired) electrons. The second-order valence-corrected chi connectivity index (χ2v) is 10.9. The van der Waals surface area contributed by atoms with E-state index in [4.69, 9.17) is 0 Å². The van der Waals surface area contributed by atoms with Crippen LogP contribution in [0.5, 0.6) is 0 Å². The lowest BCUT2D eigenvalue weighted by atomic mass is 10.0. The van der Waals surface area contributed by atoms with Crippen molar-refractivity contribution < 1.29 is 12.8 Å². The summed E-state index contributed by atoms with van der Waals surface area (Å²) in [6, 6.07) is 6.74. The lowest BCUT2D eigenvalue weighted by Gasteiger charge is -2.22. The van der Waals surface area contributed by atoms with E-state index in [0.717, 1.165) is 53.7 Å². The zero-order valence-corrected chi connectivity index (χ0v) is 20.4. The van der Waals surface area contributed by atoms with Gasteiger partial charge in [-0.2, -0.15) is 5.10 Å². The number of sulfonamides is 1. The number of nitrogens with one attached hydrogen (secondary N) is 3. The van der Waals surface area contributed by atoms with Gasteiger partial charge < -0.3 is 10.3 Å². The predicted molar refractivity (Wildman–Crippen MR) is 135 cm³/mol. The quantitative estimate of drug-likeness (QED) is 0.339. The fourth-order valence-electron chi connectivity index (χ4n) is 4.60. The first-order valence-electron chi connectivity index (χ1n) is 11.9. The molecule has 0 spiro atoms. The van der Waals surface area contributed by atoms with Crippen LogP contribution in [0, 0.1) is 5.82 Å². The van der Waals surface area contributed by atoms with Crippen LogP contribution in [0.3, 0.4) is 0 Å². The number of fused-ring (bicyclic) bond motifs is 1. The summed E-state index contributed by atoms with van der Waals surface area (Å²) in [4.78, 5) is 7.72. The highest BCUT2D eigenvalue weighted by Crippen LogP contribution is 2.28. The van der Waals surface area contributed by atoms with Gasteiger partial charge in [0, 0.05) is 47.2 Å². The van der Waals surface area contributed by atoms with Crippen LogP contribution in [0.15, 0.2) is 49.1 Å². The number of hydrogen-bond donors (Lipinski definition) is 3. The third-order valence-electron chi connectivity index (χ3n) is 6.41. The molecule has 10 heteroatoms. The predicted octanol–water partition coefficient (Wildman–Crippen LogP) is 4.23. The maximum atomic E-state index is 14.6. The highest BCUT2D eigenvalue weighted by Gasteiger charge is 2.17. The van der Waals surface area contributed by atoms with Crippen LogP contribution in [0.4, 0.5) is 10.1 Å². The Morgan fingerprint density at radius 1 is 1.14 bits per heavy atom. The highest BCUT2D eigenvalue weighted by molar-refractivity contribution is 7.92. The second kappa shape index (κ2) is 9.79. The molecule has 4 aromatic rings. The van der Waals surface area contributed by atoms with E-state index >= 15 is 0 Å². The van der Waals surface area contributed by atoms with Crippen molar-refractivity contribution in [1.29, 1.82) is 0 Å². The van der Waals surface area contributed by atoms with Crippen molar-refractivity contribution in [2.24, 2.45) is 0 Å². The summed E-state index contributed by atoms with van der Waals surface area (Å²) in [6.07, 6.45) is 10.5. The average molecular weight is 497 g/mol. The van der Waals surface area contributed by atoms with Crippen molar-refractivity contribution in [3.8, 4) is 11.1 Å². The monoisotopic (exact) mass is 496 g/mol. The summed E-state index contributed by atoms with van der Waals surface area (Å²) in [7, 11) is -3.45. The molecule has 1 aromatic carbocycles. The van der Waals surface area contributed by atoms with Gasteiger partial charge >= 0.3 is 0 Å². The standard InChI is InChI=1S/C25H29FN6O2S/c1-2-9-35(33,34)31-21-3-4-24(26)17(11-21)10-19-14-29-25-23(19)12-18(13-28-25)20-15-30-32(16-20)22-5-7-27-8-6-22/h3-4,11-16,22,27,31H,2,5-10H2,1H3,(H,28,29). The molecule has 0 unspecified atom stereocenters. The smallest absolute Gasteiger partial charge is 0.232 e. The van der Waals surface area contributed by atoms with E-state index in [9.17, 15) is 12.8 Å². The number of aromatic nitrogens is 4. The number of hydrogen-bond acceptors (Lipinski definition) is 5. The minimum atomic E-state index is -3.45. The molecule has 1 fully saturated rings. The van der Waals surface area contributed by atoms with E-state index < -0.39 is 10.0 Å². The molecule has 3 N–H and O–H groups in total. The Hall–Kier alpha value is -3.24. The Bertz CT molecular complexity index is 1440. The van der Waals surface area contributed by atoms with E-state index in [2.05, 4.69) is 31.3 Å². The van der Waals surface area contributed by atoms with E-state index in [0.29, 0.717) is 30.1 Å². The molecule has 184 valence electrons. The number of anilines is 1. The van der Waals surface area contributed by atoms with E-state index in [1.54, 1.807) is 13.0 Å². The Morgan fingerprint density at radius 2 is 1.97 bits per heavy atom. The Morgan fingerprint density at radius 3 is 2.77 bits per heavy atom. The lowest BCUT2D eigenvalue weighted by molar-refractivity contribution is 0.343. The molecule has 8 nitrogen and oxygen atoms in total. The second-order valence-electron chi connectivity index (χ2n) is 9.03. The number of piperidine rings is 1. The van der Waals surface area contributed by atoms with E-state index in [1.807, 2.05) is 29.3 Å². The van der Waals surface area contributed by atoms with Gasteiger partial charge in [0.05, 0.1) is 18.0 Å². The summed E-state index contributed by atoms with van der Waals surface area (Å²) < 4.78 is 43.5. The van der Waals surface area contributed by atoms with Crippen LogP contribution < -0.4 is 10.0 Å².